The third-order valence-corrected chi connectivity index (χ3v) is 4.56. The molecular formula is C20H23NO2. The summed E-state index contributed by atoms with van der Waals surface area (Å²) in [6, 6.07) is 14.1. The minimum absolute atomic E-state index is 0.0516. The maximum Gasteiger partial charge on any atom is 0.268 e. The molecular weight excluding hydrogens is 286 g/mol. The fourth-order valence-corrected chi connectivity index (χ4v) is 3.00. The minimum atomic E-state index is -0.441. The molecule has 0 N–H and O–H groups in total. The lowest BCUT2D eigenvalue weighted by molar-refractivity contribution is -0.125. The van der Waals surface area contributed by atoms with Crippen molar-refractivity contribution in [3.05, 3.63) is 59.2 Å². The lowest BCUT2D eigenvalue weighted by Gasteiger charge is -2.24. The molecule has 120 valence electrons. The number of carbonyl (C=O) groups excluding carboxylic acids is 1. The molecule has 0 fully saturated rings. The Morgan fingerprint density at radius 1 is 1.17 bits per heavy atom. The molecule has 1 amide bonds. The van der Waals surface area contributed by atoms with Crippen LogP contribution < -0.4 is 9.64 Å². The summed E-state index contributed by atoms with van der Waals surface area (Å²) in [6.07, 6.45) is 1.13. The van der Waals surface area contributed by atoms with Crippen molar-refractivity contribution in [2.45, 2.75) is 39.7 Å². The van der Waals surface area contributed by atoms with Crippen LogP contribution >= 0.6 is 0 Å². The van der Waals surface area contributed by atoms with E-state index in [1.165, 1.54) is 16.7 Å². The van der Waals surface area contributed by atoms with Gasteiger partial charge in [-0.3, -0.25) is 4.79 Å². The van der Waals surface area contributed by atoms with Gasteiger partial charge in [0.15, 0.2) is 6.10 Å². The number of ether oxygens (including phenoxy) is 1. The van der Waals surface area contributed by atoms with Gasteiger partial charge in [0.2, 0.25) is 0 Å². The first-order valence-corrected chi connectivity index (χ1v) is 8.23. The summed E-state index contributed by atoms with van der Waals surface area (Å²) >= 11 is 0. The van der Waals surface area contributed by atoms with Crippen LogP contribution in [0.3, 0.4) is 0 Å². The number of nitrogens with zero attached hydrogens (tertiary/aromatic N) is 1. The zero-order valence-electron chi connectivity index (χ0n) is 14.0. The number of amides is 1. The van der Waals surface area contributed by atoms with Crippen molar-refractivity contribution in [3.63, 3.8) is 0 Å². The largest absolute Gasteiger partial charge is 0.481 e. The number of fused-ring (bicyclic) bond motifs is 1. The Balaban J connectivity index is 1.78. The highest BCUT2D eigenvalue weighted by Crippen LogP contribution is 2.29. The maximum absolute atomic E-state index is 12.9. The molecule has 0 saturated carbocycles. The molecule has 1 aliphatic rings. The molecule has 0 spiro atoms. The summed E-state index contributed by atoms with van der Waals surface area (Å²) in [5.74, 6) is 0.816. The van der Waals surface area contributed by atoms with E-state index in [4.69, 9.17) is 4.74 Å². The van der Waals surface area contributed by atoms with Gasteiger partial charge in [0.05, 0.1) is 0 Å². The highest BCUT2D eigenvalue weighted by Gasteiger charge is 2.30. The predicted octanol–water partition coefficient (Wildman–Crippen LogP) is 4.05. The van der Waals surface area contributed by atoms with Crippen LogP contribution in [-0.4, -0.2) is 18.6 Å². The molecule has 2 aromatic carbocycles. The highest BCUT2D eigenvalue weighted by molar-refractivity contribution is 5.98. The van der Waals surface area contributed by atoms with Gasteiger partial charge in [-0.05, 0) is 61.6 Å². The number of rotatable bonds is 4. The van der Waals surface area contributed by atoms with E-state index in [0.29, 0.717) is 6.42 Å². The zero-order chi connectivity index (χ0) is 16.4. The second kappa shape index (κ2) is 6.45. The van der Waals surface area contributed by atoms with Crippen molar-refractivity contribution in [1.82, 2.24) is 0 Å². The van der Waals surface area contributed by atoms with Crippen molar-refractivity contribution in [2.75, 3.05) is 11.4 Å². The van der Waals surface area contributed by atoms with Crippen LogP contribution in [0, 0.1) is 13.8 Å². The Hall–Kier alpha value is -2.29. The molecule has 0 bridgehead atoms. The monoisotopic (exact) mass is 309 g/mol. The fraction of sp³-hybridized carbons (Fsp3) is 0.350. The molecule has 2 aromatic rings. The van der Waals surface area contributed by atoms with Gasteiger partial charge in [-0.1, -0.05) is 31.2 Å². The first kappa shape index (κ1) is 15.6. The van der Waals surface area contributed by atoms with Crippen LogP contribution in [0.4, 0.5) is 5.69 Å². The lowest BCUT2D eigenvalue weighted by atomic mass is 10.1. The lowest BCUT2D eigenvalue weighted by Crippen LogP contribution is -2.41. The van der Waals surface area contributed by atoms with E-state index in [9.17, 15) is 4.79 Å². The highest BCUT2D eigenvalue weighted by atomic mass is 16.5. The summed E-state index contributed by atoms with van der Waals surface area (Å²) in [6.45, 7) is 6.86. The molecule has 0 aromatic heterocycles. The topological polar surface area (TPSA) is 29.5 Å². The minimum Gasteiger partial charge on any atom is -0.481 e. The number of benzene rings is 2. The zero-order valence-corrected chi connectivity index (χ0v) is 14.0. The van der Waals surface area contributed by atoms with E-state index in [1.807, 2.05) is 48.2 Å². The van der Waals surface area contributed by atoms with Crippen LogP contribution in [0.15, 0.2) is 42.5 Å². The summed E-state index contributed by atoms with van der Waals surface area (Å²) in [7, 11) is 0. The standard InChI is InChI=1S/C20H23NO2/c1-4-19(23-17-10-9-14(2)15(3)13-17)20(22)21-12-11-16-7-5-6-8-18(16)21/h5-10,13,19H,4,11-12H2,1-3H3. The normalized spacial score (nSPS) is 14.5. The van der Waals surface area contributed by atoms with Crippen LogP contribution in [0.2, 0.25) is 0 Å². The molecule has 1 heterocycles. The summed E-state index contributed by atoms with van der Waals surface area (Å²) in [4.78, 5) is 14.8. The molecule has 23 heavy (non-hydrogen) atoms. The molecule has 1 atom stereocenters. The van der Waals surface area contributed by atoms with Gasteiger partial charge < -0.3 is 9.64 Å². The number of hydrogen-bond donors (Lipinski definition) is 0. The number of hydrogen-bond acceptors (Lipinski definition) is 2. The quantitative estimate of drug-likeness (QED) is 0.852. The Labute approximate surface area is 137 Å². The molecule has 0 radical (unpaired) electrons. The van der Waals surface area contributed by atoms with Crippen LogP contribution in [0.25, 0.3) is 0 Å². The van der Waals surface area contributed by atoms with Gasteiger partial charge in [0.1, 0.15) is 5.75 Å². The van der Waals surface area contributed by atoms with Crippen LogP contribution in [-0.2, 0) is 11.2 Å². The molecule has 1 aliphatic heterocycles. The Kier molecular flexibility index (Phi) is 4.37. The van der Waals surface area contributed by atoms with Crippen molar-refractivity contribution in [2.24, 2.45) is 0 Å². The molecule has 3 rings (SSSR count). The van der Waals surface area contributed by atoms with Gasteiger partial charge in [0, 0.05) is 12.2 Å². The van der Waals surface area contributed by atoms with Gasteiger partial charge in [0.25, 0.3) is 5.91 Å². The van der Waals surface area contributed by atoms with E-state index >= 15 is 0 Å². The third kappa shape index (κ3) is 3.09. The Bertz CT molecular complexity index is 723. The summed E-state index contributed by atoms with van der Waals surface area (Å²) in [5, 5.41) is 0. The van der Waals surface area contributed by atoms with Crippen molar-refractivity contribution in [1.29, 1.82) is 0 Å². The fourth-order valence-electron chi connectivity index (χ4n) is 3.00. The predicted molar refractivity (Wildman–Crippen MR) is 93.1 cm³/mol. The SMILES string of the molecule is CCC(Oc1ccc(C)c(C)c1)C(=O)N1CCc2ccccc21. The van der Waals surface area contributed by atoms with Gasteiger partial charge in [-0.15, -0.1) is 0 Å². The van der Waals surface area contributed by atoms with Crippen LogP contribution in [0.5, 0.6) is 5.75 Å². The van der Waals surface area contributed by atoms with Crippen molar-refractivity contribution < 1.29 is 9.53 Å². The average Bonchev–Trinajstić information content (AvgIpc) is 2.99. The number of aryl methyl sites for hydroxylation is 2. The molecule has 3 nitrogen and oxygen atoms in total. The molecule has 0 aliphatic carbocycles. The number of anilines is 1. The Morgan fingerprint density at radius 2 is 1.96 bits per heavy atom. The summed E-state index contributed by atoms with van der Waals surface area (Å²) < 4.78 is 6.00. The maximum atomic E-state index is 12.9. The van der Waals surface area contributed by atoms with E-state index in [-0.39, 0.29) is 5.91 Å². The van der Waals surface area contributed by atoms with E-state index < -0.39 is 6.10 Å². The summed E-state index contributed by atoms with van der Waals surface area (Å²) in [5.41, 5.74) is 4.67. The molecule has 0 saturated heterocycles. The average molecular weight is 309 g/mol. The van der Waals surface area contributed by atoms with Crippen molar-refractivity contribution in [3.8, 4) is 5.75 Å². The van der Waals surface area contributed by atoms with Crippen LogP contribution in [0.1, 0.15) is 30.0 Å². The molecule has 3 heteroatoms. The van der Waals surface area contributed by atoms with Gasteiger partial charge in [-0.2, -0.15) is 0 Å². The smallest absolute Gasteiger partial charge is 0.268 e. The number of carbonyl (C=O) groups is 1. The van der Waals surface area contributed by atoms with E-state index in [0.717, 1.165) is 24.4 Å². The van der Waals surface area contributed by atoms with Crippen molar-refractivity contribution >= 4 is 11.6 Å². The Morgan fingerprint density at radius 3 is 2.70 bits per heavy atom. The first-order valence-electron chi connectivity index (χ1n) is 8.23. The third-order valence-electron chi connectivity index (χ3n) is 4.56. The molecule has 1 unspecified atom stereocenters. The van der Waals surface area contributed by atoms with Gasteiger partial charge in [-0.25, -0.2) is 0 Å². The second-order valence-corrected chi connectivity index (χ2v) is 6.13. The van der Waals surface area contributed by atoms with E-state index in [2.05, 4.69) is 19.9 Å². The number of para-hydroxylation sites is 1. The first-order chi connectivity index (χ1) is 11.1. The van der Waals surface area contributed by atoms with Gasteiger partial charge >= 0.3 is 0 Å². The second-order valence-electron chi connectivity index (χ2n) is 6.13. The van der Waals surface area contributed by atoms with E-state index in [1.54, 1.807) is 0 Å².